The molecule has 0 unspecified atom stereocenters. The third-order valence-electron chi connectivity index (χ3n) is 3.81. The second kappa shape index (κ2) is 8.19. The summed E-state index contributed by atoms with van der Waals surface area (Å²) in [4.78, 5) is 23.5. The number of carbonyl (C=O) groups excluding carboxylic acids is 2. The van der Waals surface area contributed by atoms with Crippen molar-refractivity contribution in [3.63, 3.8) is 0 Å². The second-order valence-electron chi connectivity index (χ2n) is 6.16. The molecule has 5 heteroatoms. The van der Waals surface area contributed by atoms with Gasteiger partial charge < -0.3 is 15.4 Å². The smallest absolute Gasteiger partial charge is 0.255 e. The third kappa shape index (κ3) is 5.19. The predicted octanol–water partition coefficient (Wildman–Crippen LogP) is 5.00. The summed E-state index contributed by atoms with van der Waals surface area (Å²) < 4.78 is 5.78. The molecule has 27 heavy (non-hydrogen) atoms. The van der Waals surface area contributed by atoms with Crippen LogP contribution in [-0.4, -0.2) is 11.8 Å². The monoisotopic (exact) mass is 360 g/mol. The van der Waals surface area contributed by atoms with Gasteiger partial charge in [0.05, 0.1) is 0 Å². The highest BCUT2D eigenvalue weighted by atomic mass is 16.5. The lowest BCUT2D eigenvalue weighted by Crippen LogP contribution is -2.13. The standard InChI is InChI=1S/C22H20N2O3/c1-15-6-10-20(11-7-15)27-21-12-8-18(9-13-21)24-22(26)17-4-3-5-19(14-17)23-16(2)25/h3-14H,1-2H3,(H,23,25)(H,24,26). The molecular formula is C22H20N2O3. The quantitative estimate of drug-likeness (QED) is 0.673. The van der Waals surface area contributed by atoms with Gasteiger partial charge in [0.15, 0.2) is 0 Å². The summed E-state index contributed by atoms with van der Waals surface area (Å²) in [6, 6.07) is 21.7. The van der Waals surface area contributed by atoms with E-state index in [0.717, 1.165) is 5.75 Å². The number of hydrogen-bond donors (Lipinski definition) is 2. The van der Waals surface area contributed by atoms with E-state index in [1.165, 1.54) is 12.5 Å². The van der Waals surface area contributed by atoms with E-state index in [4.69, 9.17) is 4.74 Å². The Bertz CT molecular complexity index is 948. The number of rotatable bonds is 5. The van der Waals surface area contributed by atoms with Crippen LogP contribution >= 0.6 is 0 Å². The first-order valence-electron chi connectivity index (χ1n) is 8.53. The zero-order valence-corrected chi connectivity index (χ0v) is 15.2. The van der Waals surface area contributed by atoms with Gasteiger partial charge in [0, 0.05) is 23.9 Å². The summed E-state index contributed by atoms with van der Waals surface area (Å²) in [5.41, 5.74) is 2.86. The molecule has 0 saturated heterocycles. The number of aryl methyl sites for hydroxylation is 1. The molecule has 0 atom stereocenters. The molecule has 0 bridgehead atoms. The maximum atomic E-state index is 12.4. The Kier molecular flexibility index (Phi) is 5.52. The van der Waals surface area contributed by atoms with Crippen LogP contribution in [0.2, 0.25) is 0 Å². The van der Waals surface area contributed by atoms with Gasteiger partial charge in [-0.05, 0) is 61.5 Å². The summed E-state index contributed by atoms with van der Waals surface area (Å²) in [5, 5.41) is 5.49. The number of amides is 2. The van der Waals surface area contributed by atoms with Crippen LogP contribution in [0.3, 0.4) is 0 Å². The van der Waals surface area contributed by atoms with Crippen molar-refractivity contribution in [1.82, 2.24) is 0 Å². The van der Waals surface area contributed by atoms with Crippen molar-refractivity contribution in [1.29, 1.82) is 0 Å². The predicted molar refractivity (Wildman–Crippen MR) is 106 cm³/mol. The molecule has 0 heterocycles. The van der Waals surface area contributed by atoms with Crippen molar-refractivity contribution in [2.45, 2.75) is 13.8 Å². The largest absolute Gasteiger partial charge is 0.457 e. The minimum absolute atomic E-state index is 0.184. The molecule has 0 fully saturated rings. The molecule has 0 aliphatic carbocycles. The Morgan fingerprint density at radius 3 is 2.04 bits per heavy atom. The fourth-order valence-electron chi connectivity index (χ4n) is 2.49. The Morgan fingerprint density at radius 2 is 1.41 bits per heavy atom. The zero-order valence-electron chi connectivity index (χ0n) is 15.2. The summed E-state index contributed by atoms with van der Waals surface area (Å²) in [5.74, 6) is 1.00. The first-order valence-corrected chi connectivity index (χ1v) is 8.53. The first kappa shape index (κ1) is 18.2. The van der Waals surface area contributed by atoms with E-state index in [-0.39, 0.29) is 11.8 Å². The van der Waals surface area contributed by atoms with E-state index in [1.54, 1.807) is 48.5 Å². The molecule has 0 aromatic heterocycles. The Balaban J connectivity index is 1.64. The molecular weight excluding hydrogens is 340 g/mol. The van der Waals surface area contributed by atoms with Crippen molar-refractivity contribution in [3.8, 4) is 11.5 Å². The SMILES string of the molecule is CC(=O)Nc1cccc(C(=O)Nc2ccc(Oc3ccc(C)cc3)cc2)c1. The Labute approximate surface area is 158 Å². The van der Waals surface area contributed by atoms with E-state index in [0.29, 0.717) is 22.7 Å². The molecule has 0 radical (unpaired) electrons. The van der Waals surface area contributed by atoms with Crippen molar-refractivity contribution in [3.05, 3.63) is 83.9 Å². The molecule has 2 amide bonds. The zero-order chi connectivity index (χ0) is 19.2. The van der Waals surface area contributed by atoms with Crippen LogP contribution in [0, 0.1) is 6.92 Å². The van der Waals surface area contributed by atoms with Gasteiger partial charge in [-0.25, -0.2) is 0 Å². The van der Waals surface area contributed by atoms with E-state index < -0.39 is 0 Å². The Morgan fingerprint density at radius 1 is 0.778 bits per heavy atom. The summed E-state index contributed by atoms with van der Waals surface area (Å²) in [6.07, 6.45) is 0. The maximum absolute atomic E-state index is 12.4. The fraction of sp³-hybridized carbons (Fsp3) is 0.0909. The molecule has 0 spiro atoms. The summed E-state index contributed by atoms with van der Waals surface area (Å²) in [7, 11) is 0. The topological polar surface area (TPSA) is 67.4 Å². The minimum Gasteiger partial charge on any atom is -0.457 e. The Hall–Kier alpha value is -3.60. The van der Waals surface area contributed by atoms with E-state index in [1.807, 2.05) is 31.2 Å². The van der Waals surface area contributed by atoms with Gasteiger partial charge in [0.25, 0.3) is 5.91 Å². The highest BCUT2D eigenvalue weighted by molar-refractivity contribution is 6.05. The fourth-order valence-corrected chi connectivity index (χ4v) is 2.49. The van der Waals surface area contributed by atoms with E-state index >= 15 is 0 Å². The highest BCUT2D eigenvalue weighted by Gasteiger charge is 2.08. The van der Waals surface area contributed by atoms with Gasteiger partial charge in [0.1, 0.15) is 11.5 Å². The van der Waals surface area contributed by atoms with Crippen LogP contribution in [0.25, 0.3) is 0 Å². The maximum Gasteiger partial charge on any atom is 0.255 e. The lowest BCUT2D eigenvalue weighted by Gasteiger charge is -2.09. The van der Waals surface area contributed by atoms with Gasteiger partial charge in [-0.15, -0.1) is 0 Å². The van der Waals surface area contributed by atoms with Crippen LogP contribution < -0.4 is 15.4 Å². The van der Waals surface area contributed by atoms with Crippen LogP contribution in [0.4, 0.5) is 11.4 Å². The lowest BCUT2D eigenvalue weighted by atomic mass is 10.2. The van der Waals surface area contributed by atoms with Crippen LogP contribution in [0.1, 0.15) is 22.8 Å². The number of anilines is 2. The molecule has 0 saturated carbocycles. The minimum atomic E-state index is -0.255. The van der Waals surface area contributed by atoms with Gasteiger partial charge >= 0.3 is 0 Å². The molecule has 0 aliphatic rings. The molecule has 5 nitrogen and oxygen atoms in total. The van der Waals surface area contributed by atoms with Gasteiger partial charge in [0.2, 0.25) is 5.91 Å². The molecule has 3 aromatic rings. The van der Waals surface area contributed by atoms with Crippen LogP contribution in [0.5, 0.6) is 11.5 Å². The van der Waals surface area contributed by atoms with Crippen molar-refractivity contribution < 1.29 is 14.3 Å². The summed E-state index contributed by atoms with van der Waals surface area (Å²) in [6.45, 7) is 3.44. The van der Waals surface area contributed by atoms with E-state index in [9.17, 15) is 9.59 Å². The van der Waals surface area contributed by atoms with Crippen molar-refractivity contribution >= 4 is 23.2 Å². The van der Waals surface area contributed by atoms with Gasteiger partial charge in [-0.1, -0.05) is 23.8 Å². The molecule has 3 rings (SSSR count). The van der Waals surface area contributed by atoms with E-state index in [2.05, 4.69) is 10.6 Å². The van der Waals surface area contributed by atoms with Crippen molar-refractivity contribution in [2.75, 3.05) is 10.6 Å². The number of benzene rings is 3. The normalized spacial score (nSPS) is 10.1. The highest BCUT2D eigenvalue weighted by Crippen LogP contribution is 2.23. The third-order valence-corrected chi connectivity index (χ3v) is 3.81. The molecule has 2 N–H and O–H groups in total. The number of hydrogen-bond acceptors (Lipinski definition) is 3. The molecule has 136 valence electrons. The van der Waals surface area contributed by atoms with Crippen LogP contribution in [-0.2, 0) is 4.79 Å². The van der Waals surface area contributed by atoms with Crippen molar-refractivity contribution in [2.24, 2.45) is 0 Å². The number of carbonyl (C=O) groups is 2. The number of ether oxygens (including phenoxy) is 1. The lowest BCUT2D eigenvalue weighted by molar-refractivity contribution is -0.114. The molecule has 3 aromatic carbocycles. The average molecular weight is 360 g/mol. The number of nitrogens with one attached hydrogen (secondary N) is 2. The summed E-state index contributed by atoms with van der Waals surface area (Å²) >= 11 is 0. The van der Waals surface area contributed by atoms with Gasteiger partial charge in [-0.3, -0.25) is 9.59 Å². The second-order valence-corrected chi connectivity index (χ2v) is 6.16. The first-order chi connectivity index (χ1) is 13.0. The average Bonchev–Trinajstić information content (AvgIpc) is 2.65. The van der Waals surface area contributed by atoms with Crippen LogP contribution in [0.15, 0.2) is 72.8 Å². The molecule has 0 aliphatic heterocycles. The van der Waals surface area contributed by atoms with Gasteiger partial charge in [-0.2, -0.15) is 0 Å².